The van der Waals surface area contributed by atoms with Crippen LogP contribution in [0.1, 0.15) is 23.2 Å². The molecule has 0 aliphatic carbocycles. The van der Waals surface area contributed by atoms with Gasteiger partial charge in [-0.1, -0.05) is 17.4 Å². The van der Waals surface area contributed by atoms with Crippen molar-refractivity contribution in [3.63, 3.8) is 0 Å². The van der Waals surface area contributed by atoms with E-state index in [4.69, 9.17) is 4.74 Å². The van der Waals surface area contributed by atoms with E-state index in [1.165, 1.54) is 46.0 Å². The van der Waals surface area contributed by atoms with Crippen molar-refractivity contribution < 1.29 is 22.3 Å². The van der Waals surface area contributed by atoms with Crippen molar-refractivity contribution in [2.45, 2.75) is 24.3 Å². The summed E-state index contributed by atoms with van der Waals surface area (Å²) in [6.45, 7) is 1.71. The molecule has 1 amide bonds. The molecule has 1 fully saturated rings. The summed E-state index contributed by atoms with van der Waals surface area (Å²) in [6.07, 6.45) is 1.71. The van der Waals surface area contributed by atoms with E-state index in [-0.39, 0.29) is 10.5 Å². The molecule has 0 unspecified atom stereocenters. The van der Waals surface area contributed by atoms with Crippen LogP contribution in [0.2, 0.25) is 0 Å². The average molecular weight is 464 g/mol. The monoisotopic (exact) mass is 463 g/mol. The highest BCUT2D eigenvalue weighted by Gasteiger charge is 2.27. The predicted octanol–water partition coefficient (Wildman–Crippen LogP) is 3.01. The number of methoxy groups -OCH3 is 1. The topological polar surface area (TPSA) is 81.0 Å². The Kier molecular flexibility index (Phi) is 6.33. The predicted molar refractivity (Wildman–Crippen MR) is 116 cm³/mol. The third-order valence-corrected chi connectivity index (χ3v) is 8.13. The van der Waals surface area contributed by atoms with E-state index < -0.39 is 21.7 Å². The number of fused-ring (bicyclic) bond motifs is 1. The van der Waals surface area contributed by atoms with Gasteiger partial charge in [0.2, 0.25) is 10.0 Å². The lowest BCUT2D eigenvalue weighted by atomic mass is 10.2. The number of hydrogen-bond donors (Lipinski definition) is 0. The molecule has 2 heterocycles. The smallest absolute Gasteiger partial charge is 0.279 e. The maximum Gasteiger partial charge on any atom is 0.279 e. The first-order valence-electron chi connectivity index (χ1n) is 9.88. The molecule has 1 saturated heterocycles. The van der Waals surface area contributed by atoms with Gasteiger partial charge in [-0.15, -0.1) is 0 Å². The zero-order valence-corrected chi connectivity index (χ0v) is 18.6. The fourth-order valence-electron chi connectivity index (χ4n) is 3.56. The molecule has 0 atom stereocenters. The highest BCUT2D eigenvalue weighted by Crippen LogP contribution is 2.22. The highest BCUT2D eigenvalue weighted by molar-refractivity contribution is 7.89. The van der Waals surface area contributed by atoms with E-state index in [0.717, 1.165) is 12.8 Å². The summed E-state index contributed by atoms with van der Waals surface area (Å²) in [7, 11) is -2.00. The van der Waals surface area contributed by atoms with E-state index in [1.54, 1.807) is 23.8 Å². The van der Waals surface area contributed by atoms with Gasteiger partial charge in [-0.3, -0.25) is 4.79 Å². The number of rotatable bonds is 6. The van der Waals surface area contributed by atoms with Crippen molar-refractivity contribution in [2.24, 2.45) is 4.99 Å². The molecule has 2 aromatic carbocycles. The van der Waals surface area contributed by atoms with Crippen LogP contribution in [0.15, 0.2) is 52.4 Å². The maximum absolute atomic E-state index is 14.4. The molecule has 0 radical (unpaired) electrons. The third-order valence-electron chi connectivity index (χ3n) is 5.17. The second kappa shape index (κ2) is 8.99. The maximum atomic E-state index is 14.4. The van der Waals surface area contributed by atoms with Crippen LogP contribution in [0, 0.1) is 5.82 Å². The lowest BCUT2D eigenvalue weighted by molar-refractivity contribution is 0.0997. The Morgan fingerprint density at radius 2 is 1.87 bits per heavy atom. The number of aromatic nitrogens is 1. The van der Waals surface area contributed by atoms with Gasteiger partial charge in [0.25, 0.3) is 5.91 Å². The largest absolute Gasteiger partial charge is 0.383 e. The van der Waals surface area contributed by atoms with Crippen LogP contribution in [0.3, 0.4) is 0 Å². The lowest BCUT2D eigenvalue weighted by Crippen LogP contribution is -2.27. The van der Waals surface area contributed by atoms with Crippen molar-refractivity contribution in [2.75, 3.05) is 26.8 Å². The number of carbonyl (C=O) groups excluding carboxylic acids is 1. The Bertz CT molecular complexity index is 1270. The molecule has 0 N–H and O–H groups in total. The van der Waals surface area contributed by atoms with Gasteiger partial charge < -0.3 is 9.30 Å². The molecule has 7 nitrogen and oxygen atoms in total. The summed E-state index contributed by atoms with van der Waals surface area (Å²) < 4.78 is 48.6. The van der Waals surface area contributed by atoms with Crippen molar-refractivity contribution in [1.29, 1.82) is 0 Å². The average Bonchev–Trinajstić information content (AvgIpc) is 3.42. The van der Waals surface area contributed by atoms with Crippen molar-refractivity contribution in [1.82, 2.24) is 8.87 Å². The first kappa shape index (κ1) is 21.8. The molecular formula is C21H22FN3O4S2. The summed E-state index contributed by atoms with van der Waals surface area (Å²) >= 11 is 1.21. The fourth-order valence-corrected chi connectivity index (χ4v) is 6.15. The van der Waals surface area contributed by atoms with Crippen LogP contribution >= 0.6 is 11.3 Å². The molecule has 1 aliphatic rings. The van der Waals surface area contributed by atoms with Gasteiger partial charge in [0, 0.05) is 32.3 Å². The number of carbonyl (C=O) groups is 1. The Hall–Kier alpha value is -2.40. The van der Waals surface area contributed by atoms with Crippen molar-refractivity contribution in [3.05, 3.63) is 58.6 Å². The molecular weight excluding hydrogens is 441 g/mol. The molecule has 31 heavy (non-hydrogen) atoms. The van der Waals surface area contributed by atoms with E-state index >= 15 is 0 Å². The van der Waals surface area contributed by atoms with Gasteiger partial charge in [0.1, 0.15) is 5.82 Å². The zero-order valence-electron chi connectivity index (χ0n) is 17.0. The quantitative estimate of drug-likeness (QED) is 0.563. The Labute approximate surface area is 183 Å². The van der Waals surface area contributed by atoms with Gasteiger partial charge >= 0.3 is 0 Å². The van der Waals surface area contributed by atoms with Gasteiger partial charge in [-0.25, -0.2) is 12.8 Å². The van der Waals surface area contributed by atoms with E-state index in [1.807, 2.05) is 0 Å². The summed E-state index contributed by atoms with van der Waals surface area (Å²) in [4.78, 5) is 17.5. The van der Waals surface area contributed by atoms with Gasteiger partial charge in [0.05, 0.1) is 21.7 Å². The van der Waals surface area contributed by atoms with Crippen molar-refractivity contribution in [3.8, 4) is 0 Å². The number of halogens is 1. The lowest BCUT2D eigenvalue weighted by Gasteiger charge is -2.15. The number of amides is 1. The first-order chi connectivity index (χ1) is 14.9. The number of thiazole rings is 1. The second-order valence-corrected chi connectivity index (χ2v) is 10.1. The van der Waals surface area contributed by atoms with E-state index in [9.17, 15) is 17.6 Å². The van der Waals surface area contributed by atoms with Crippen LogP contribution in [0.25, 0.3) is 10.2 Å². The van der Waals surface area contributed by atoms with Crippen LogP contribution in [-0.2, 0) is 21.3 Å². The number of para-hydroxylation sites is 1. The molecule has 10 heteroatoms. The molecule has 0 bridgehead atoms. The summed E-state index contributed by atoms with van der Waals surface area (Å²) in [5.74, 6) is -0.918. The number of ether oxygens (including phenoxy) is 1. The summed E-state index contributed by atoms with van der Waals surface area (Å²) in [5, 5.41) is 0. The molecule has 1 aromatic heterocycles. The minimum Gasteiger partial charge on any atom is -0.383 e. The summed E-state index contributed by atoms with van der Waals surface area (Å²) in [5.41, 5.74) is 0.639. The zero-order chi connectivity index (χ0) is 22.0. The minimum absolute atomic E-state index is 0.157. The van der Waals surface area contributed by atoms with Crippen LogP contribution in [0.4, 0.5) is 4.39 Å². The molecule has 0 spiro atoms. The molecule has 0 saturated carbocycles. The van der Waals surface area contributed by atoms with Gasteiger partial charge in [-0.2, -0.15) is 9.30 Å². The molecule has 1 aliphatic heterocycles. The number of sulfonamides is 1. The second-order valence-electron chi connectivity index (χ2n) is 7.17. The van der Waals surface area contributed by atoms with Gasteiger partial charge in [0.15, 0.2) is 4.80 Å². The van der Waals surface area contributed by atoms with E-state index in [0.29, 0.717) is 41.3 Å². The Morgan fingerprint density at radius 3 is 2.55 bits per heavy atom. The Morgan fingerprint density at radius 1 is 1.16 bits per heavy atom. The Balaban J connectivity index is 1.67. The standard InChI is InChI=1S/C21H22FN3O4S2/c1-29-14-13-25-19-17(22)5-4-6-18(19)30-21(25)23-20(26)15-7-9-16(10-8-15)31(27,28)24-11-2-3-12-24/h4-10H,2-3,11-14H2,1H3. The fraction of sp³-hybridized carbons (Fsp3) is 0.333. The molecule has 3 aromatic rings. The molecule has 164 valence electrons. The SMILES string of the molecule is COCCn1c(=NC(=O)c2ccc(S(=O)(=O)N3CCCC3)cc2)sc2cccc(F)c21. The number of hydrogen-bond acceptors (Lipinski definition) is 5. The highest BCUT2D eigenvalue weighted by atomic mass is 32.2. The van der Waals surface area contributed by atoms with Crippen molar-refractivity contribution >= 4 is 37.5 Å². The van der Waals surface area contributed by atoms with E-state index in [2.05, 4.69) is 4.99 Å². The molecule has 4 rings (SSSR count). The normalized spacial score (nSPS) is 15.7. The first-order valence-corrected chi connectivity index (χ1v) is 12.1. The number of benzene rings is 2. The van der Waals surface area contributed by atoms with Crippen LogP contribution in [-0.4, -0.2) is 50.0 Å². The minimum atomic E-state index is -3.55. The van der Waals surface area contributed by atoms with Crippen LogP contribution in [0.5, 0.6) is 0 Å². The third kappa shape index (κ3) is 4.33. The van der Waals surface area contributed by atoms with Gasteiger partial charge in [-0.05, 0) is 49.2 Å². The van der Waals surface area contributed by atoms with Crippen LogP contribution < -0.4 is 4.80 Å². The number of nitrogens with zero attached hydrogens (tertiary/aromatic N) is 3. The summed E-state index contributed by atoms with van der Waals surface area (Å²) in [6, 6.07) is 10.5.